The summed E-state index contributed by atoms with van der Waals surface area (Å²) in [5.41, 5.74) is 0.948. The van der Waals surface area contributed by atoms with E-state index in [0.29, 0.717) is 19.4 Å². The second-order valence-corrected chi connectivity index (χ2v) is 9.06. The second-order valence-electron chi connectivity index (χ2n) is 8.08. The van der Waals surface area contributed by atoms with Crippen molar-refractivity contribution in [3.8, 4) is 5.75 Å². The Balaban J connectivity index is 1.55. The summed E-state index contributed by atoms with van der Waals surface area (Å²) in [6.07, 6.45) is 6.60. The molecule has 7 heteroatoms. The summed E-state index contributed by atoms with van der Waals surface area (Å²) in [6.45, 7) is 0.531. The number of benzene rings is 1. The molecule has 1 saturated heterocycles. The molecule has 2 heterocycles. The maximum absolute atomic E-state index is 13.3. The fourth-order valence-electron chi connectivity index (χ4n) is 4.86. The van der Waals surface area contributed by atoms with Gasteiger partial charge in [0.2, 0.25) is 17.7 Å². The molecule has 1 N–H and O–H groups in total. The van der Waals surface area contributed by atoms with Crippen molar-refractivity contribution in [3.63, 3.8) is 0 Å². The smallest absolute Gasteiger partial charge is 0.243 e. The summed E-state index contributed by atoms with van der Waals surface area (Å²) in [4.78, 5) is 40.7. The van der Waals surface area contributed by atoms with Crippen molar-refractivity contribution in [1.82, 2.24) is 10.2 Å². The Kier molecular flexibility index (Phi) is 6.13. The Morgan fingerprint density at radius 1 is 1.17 bits per heavy atom. The summed E-state index contributed by atoms with van der Waals surface area (Å²) in [7, 11) is 0. The molecule has 6 nitrogen and oxygen atoms in total. The van der Waals surface area contributed by atoms with Gasteiger partial charge in [-0.25, -0.2) is 0 Å². The number of hydrogen-bond donors (Lipinski definition) is 1. The number of likely N-dealkylation sites (tertiary alicyclic amines) is 1. The highest BCUT2D eigenvalue weighted by atomic mass is 32.2. The molecule has 3 aliphatic rings. The number of ether oxygens (including phenoxy) is 1. The lowest BCUT2D eigenvalue weighted by atomic mass is 9.81. The Bertz CT molecular complexity index is 775. The number of amides is 3. The second kappa shape index (κ2) is 8.78. The van der Waals surface area contributed by atoms with Gasteiger partial charge < -0.3 is 10.1 Å². The van der Waals surface area contributed by atoms with Crippen molar-refractivity contribution in [1.29, 1.82) is 0 Å². The lowest BCUT2D eigenvalue weighted by Gasteiger charge is -2.31. The van der Waals surface area contributed by atoms with Crippen LogP contribution in [0.2, 0.25) is 0 Å². The largest absolute Gasteiger partial charge is 0.493 e. The molecule has 0 unspecified atom stereocenters. The highest BCUT2D eigenvalue weighted by Crippen LogP contribution is 2.39. The van der Waals surface area contributed by atoms with E-state index in [2.05, 4.69) is 5.32 Å². The number of thioether (sulfide) groups is 1. The molecular weight excluding hydrogens is 388 g/mol. The van der Waals surface area contributed by atoms with Crippen LogP contribution in [0.1, 0.15) is 50.1 Å². The van der Waals surface area contributed by atoms with Crippen LogP contribution in [0.5, 0.6) is 5.75 Å². The molecule has 0 radical (unpaired) electrons. The van der Waals surface area contributed by atoms with Crippen LogP contribution >= 0.6 is 11.8 Å². The van der Waals surface area contributed by atoms with E-state index < -0.39 is 6.04 Å². The summed E-state index contributed by atoms with van der Waals surface area (Å²) >= 11 is 1.62. The minimum absolute atomic E-state index is 0.145. The lowest BCUT2D eigenvalue weighted by Crippen LogP contribution is -2.51. The zero-order chi connectivity index (χ0) is 20.4. The first kappa shape index (κ1) is 20.3. The van der Waals surface area contributed by atoms with Gasteiger partial charge in [0.05, 0.1) is 24.5 Å². The third-order valence-electron chi connectivity index (χ3n) is 6.36. The first-order valence-corrected chi connectivity index (χ1v) is 11.9. The van der Waals surface area contributed by atoms with Crippen LogP contribution in [0.3, 0.4) is 0 Å². The lowest BCUT2D eigenvalue weighted by molar-refractivity contribution is -0.148. The number of carbonyl (C=O) groups is 3. The Hall–Kier alpha value is -2.02. The van der Waals surface area contributed by atoms with Gasteiger partial charge in [0, 0.05) is 12.0 Å². The Labute approximate surface area is 175 Å². The number of carbonyl (C=O) groups excluding carboxylic acids is 3. The number of para-hydroxylation sites is 1. The third kappa shape index (κ3) is 3.89. The van der Waals surface area contributed by atoms with Crippen molar-refractivity contribution in [3.05, 3.63) is 29.8 Å². The maximum atomic E-state index is 13.3. The third-order valence-corrected chi connectivity index (χ3v) is 7.00. The molecule has 1 aliphatic carbocycles. The molecule has 29 heavy (non-hydrogen) atoms. The maximum Gasteiger partial charge on any atom is 0.243 e. The molecular formula is C22H28N2O4S. The SMILES string of the molecule is CSCC[C@H](C(=O)N[C@@H]1CCOc2ccccc21)N1C(=O)[C@H]2CCCC[C@@H]2C1=O. The van der Waals surface area contributed by atoms with Gasteiger partial charge in [-0.1, -0.05) is 31.0 Å². The molecule has 4 atom stereocenters. The van der Waals surface area contributed by atoms with Gasteiger partial charge in [-0.15, -0.1) is 0 Å². The molecule has 1 aromatic rings. The van der Waals surface area contributed by atoms with Crippen LogP contribution in [-0.2, 0) is 14.4 Å². The first-order chi connectivity index (χ1) is 14.1. The molecule has 1 aromatic carbocycles. The first-order valence-electron chi connectivity index (χ1n) is 10.5. The van der Waals surface area contributed by atoms with E-state index in [1.807, 2.05) is 30.5 Å². The molecule has 156 valence electrons. The van der Waals surface area contributed by atoms with E-state index in [9.17, 15) is 14.4 Å². The molecule has 1 saturated carbocycles. The van der Waals surface area contributed by atoms with Crippen molar-refractivity contribution >= 4 is 29.5 Å². The van der Waals surface area contributed by atoms with Crippen LogP contribution in [0.25, 0.3) is 0 Å². The Morgan fingerprint density at radius 3 is 2.55 bits per heavy atom. The monoisotopic (exact) mass is 416 g/mol. The highest BCUT2D eigenvalue weighted by molar-refractivity contribution is 7.98. The standard InChI is InChI=1S/C22H28N2O4S/c1-29-13-11-18(24-21(26)14-6-2-3-7-15(14)22(24)27)20(25)23-17-10-12-28-19-9-5-4-8-16(17)19/h4-5,8-9,14-15,17-18H,2-3,6-7,10-13H2,1H3,(H,23,25)/t14-,15-,17+,18+/m0/s1. The van der Waals surface area contributed by atoms with Crippen LogP contribution in [0.15, 0.2) is 24.3 Å². The van der Waals surface area contributed by atoms with Gasteiger partial charge >= 0.3 is 0 Å². The number of nitrogens with one attached hydrogen (secondary N) is 1. The molecule has 0 aromatic heterocycles. The van der Waals surface area contributed by atoms with Gasteiger partial charge in [0.1, 0.15) is 11.8 Å². The zero-order valence-corrected chi connectivity index (χ0v) is 17.6. The number of hydrogen-bond acceptors (Lipinski definition) is 5. The number of nitrogens with zero attached hydrogens (tertiary/aromatic N) is 1. The van der Waals surface area contributed by atoms with Gasteiger partial charge in [0.15, 0.2) is 0 Å². The van der Waals surface area contributed by atoms with Gasteiger partial charge in [-0.3, -0.25) is 19.3 Å². The van der Waals surface area contributed by atoms with Gasteiger partial charge in [-0.05, 0) is 37.3 Å². The van der Waals surface area contributed by atoms with Gasteiger partial charge in [-0.2, -0.15) is 11.8 Å². The van der Waals surface area contributed by atoms with Crippen molar-refractivity contribution in [2.45, 2.75) is 50.6 Å². The van der Waals surface area contributed by atoms with Crippen LogP contribution in [0, 0.1) is 11.8 Å². The molecule has 0 spiro atoms. The summed E-state index contributed by atoms with van der Waals surface area (Å²) < 4.78 is 5.69. The zero-order valence-electron chi connectivity index (χ0n) is 16.8. The molecule has 4 rings (SSSR count). The normalized spacial score (nSPS) is 27.1. The molecule has 0 bridgehead atoms. The molecule has 2 fully saturated rings. The topological polar surface area (TPSA) is 75.7 Å². The predicted molar refractivity (Wildman–Crippen MR) is 112 cm³/mol. The summed E-state index contributed by atoms with van der Waals surface area (Å²) in [5.74, 6) is 0.510. The van der Waals surface area contributed by atoms with Crippen LogP contribution < -0.4 is 10.1 Å². The predicted octanol–water partition coefficient (Wildman–Crippen LogP) is 2.92. The van der Waals surface area contributed by atoms with Crippen molar-refractivity contribution < 1.29 is 19.1 Å². The summed E-state index contributed by atoms with van der Waals surface area (Å²) in [5, 5.41) is 3.11. The van der Waals surface area contributed by atoms with Crippen molar-refractivity contribution in [2.75, 3.05) is 18.6 Å². The van der Waals surface area contributed by atoms with E-state index in [-0.39, 0.29) is 35.6 Å². The number of imide groups is 1. The van der Waals surface area contributed by atoms with Crippen molar-refractivity contribution in [2.24, 2.45) is 11.8 Å². The average Bonchev–Trinajstić information content (AvgIpc) is 3.00. The van der Waals surface area contributed by atoms with E-state index >= 15 is 0 Å². The van der Waals surface area contributed by atoms with Crippen LogP contribution in [-0.4, -0.2) is 47.3 Å². The Morgan fingerprint density at radius 2 is 1.86 bits per heavy atom. The average molecular weight is 417 g/mol. The number of rotatable bonds is 6. The van der Waals surface area contributed by atoms with E-state index in [1.165, 1.54) is 4.90 Å². The van der Waals surface area contributed by atoms with Crippen LogP contribution in [0.4, 0.5) is 0 Å². The van der Waals surface area contributed by atoms with E-state index in [1.54, 1.807) is 11.8 Å². The molecule has 3 amide bonds. The number of fused-ring (bicyclic) bond motifs is 2. The molecule has 2 aliphatic heterocycles. The minimum Gasteiger partial charge on any atom is -0.493 e. The minimum atomic E-state index is -0.733. The fraction of sp³-hybridized carbons (Fsp3) is 0.591. The highest BCUT2D eigenvalue weighted by Gasteiger charge is 2.51. The summed E-state index contributed by atoms with van der Waals surface area (Å²) in [6, 6.07) is 6.79. The van der Waals surface area contributed by atoms with E-state index in [4.69, 9.17) is 4.74 Å². The van der Waals surface area contributed by atoms with E-state index in [0.717, 1.165) is 42.7 Å². The van der Waals surface area contributed by atoms with Gasteiger partial charge in [0.25, 0.3) is 0 Å². The quantitative estimate of drug-likeness (QED) is 0.722. The fourth-order valence-corrected chi connectivity index (χ4v) is 5.32.